The SMILES string of the molecule is CCN(CC(=O)O)C1CC(NC(=O)N[C@H](C)C2CC2)C1. The zero-order chi connectivity index (χ0) is 14.7. The molecule has 3 N–H and O–H groups in total. The van der Waals surface area contributed by atoms with Gasteiger partial charge in [0.05, 0.1) is 6.54 Å². The van der Waals surface area contributed by atoms with E-state index < -0.39 is 5.97 Å². The molecule has 0 aromatic rings. The Morgan fingerprint density at radius 2 is 2.00 bits per heavy atom. The van der Waals surface area contributed by atoms with Gasteiger partial charge in [-0.2, -0.15) is 0 Å². The molecule has 2 rings (SSSR count). The molecule has 0 unspecified atom stereocenters. The van der Waals surface area contributed by atoms with Crippen molar-refractivity contribution in [1.82, 2.24) is 15.5 Å². The fraction of sp³-hybridized carbons (Fsp3) is 0.857. The molecule has 0 aliphatic heterocycles. The largest absolute Gasteiger partial charge is 0.480 e. The molecule has 0 bridgehead atoms. The molecule has 0 spiro atoms. The second-order valence-corrected chi connectivity index (χ2v) is 6.02. The molecule has 0 heterocycles. The lowest BCUT2D eigenvalue weighted by molar-refractivity contribution is -0.139. The number of amides is 2. The summed E-state index contributed by atoms with van der Waals surface area (Å²) in [4.78, 5) is 24.5. The Labute approximate surface area is 119 Å². The molecular weight excluding hydrogens is 258 g/mol. The smallest absolute Gasteiger partial charge is 0.317 e. The van der Waals surface area contributed by atoms with E-state index >= 15 is 0 Å². The minimum absolute atomic E-state index is 0.0821. The summed E-state index contributed by atoms with van der Waals surface area (Å²) >= 11 is 0. The van der Waals surface area contributed by atoms with Gasteiger partial charge in [-0.05, 0) is 45.1 Å². The van der Waals surface area contributed by atoms with Crippen LogP contribution in [0, 0.1) is 5.92 Å². The highest BCUT2D eigenvalue weighted by Gasteiger charge is 2.35. The van der Waals surface area contributed by atoms with Crippen LogP contribution >= 0.6 is 0 Å². The van der Waals surface area contributed by atoms with Crippen molar-refractivity contribution in [3.8, 4) is 0 Å². The van der Waals surface area contributed by atoms with Crippen molar-refractivity contribution < 1.29 is 14.7 Å². The summed E-state index contributed by atoms with van der Waals surface area (Å²) in [6.45, 7) is 4.83. The number of nitrogens with zero attached hydrogens (tertiary/aromatic N) is 1. The standard InChI is InChI=1S/C14H25N3O3/c1-3-17(8-13(18)19)12-6-11(7-12)16-14(20)15-9(2)10-4-5-10/h9-12H,3-8H2,1-2H3,(H,18,19)(H2,15,16,20)/t9-,11?,12?/m1/s1. The van der Waals surface area contributed by atoms with Crippen molar-refractivity contribution in [2.45, 2.75) is 57.7 Å². The van der Waals surface area contributed by atoms with Crippen LogP contribution in [0.5, 0.6) is 0 Å². The van der Waals surface area contributed by atoms with Crippen LogP contribution in [0.4, 0.5) is 4.79 Å². The third-order valence-electron chi connectivity index (χ3n) is 4.40. The zero-order valence-corrected chi connectivity index (χ0v) is 12.3. The molecule has 0 radical (unpaired) electrons. The molecule has 1 atom stereocenters. The van der Waals surface area contributed by atoms with E-state index in [0.29, 0.717) is 5.92 Å². The Morgan fingerprint density at radius 3 is 2.50 bits per heavy atom. The van der Waals surface area contributed by atoms with Gasteiger partial charge in [-0.15, -0.1) is 0 Å². The summed E-state index contributed by atoms with van der Waals surface area (Å²) in [5.41, 5.74) is 0. The lowest BCUT2D eigenvalue weighted by atomic mass is 9.85. The Balaban J connectivity index is 1.65. The molecule has 2 fully saturated rings. The van der Waals surface area contributed by atoms with Crippen LogP contribution in [-0.4, -0.2) is 53.2 Å². The highest BCUT2D eigenvalue weighted by Crippen LogP contribution is 2.32. The maximum atomic E-state index is 11.8. The molecule has 2 aliphatic carbocycles. The Morgan fingerprint density at radius 1 is 1.35 bits per heavy atom. The first-order valence-corrected chi connectivity index (χ1v) is 7.52. The van der Waals surface area contributed by atoms with Crippen molar-refractivity contribution in [1.29, 1.82) is 0 Å². The molecule has 2 amide bonds. The first-order valence-electron chi connectivity index (χ1n) is 7.52. The van der Waals surface area contributed by atoms with Crippen molar-refractivity contribution >= 4 is 12.0 Å². The zero-order valence-electron chi connectivity index (χ0n) is 12.3. The monoisotopic (exact) mass is 283 g/mol. The van der Waals surface area contributed by atoms with Gasteiger partial charge in [-0.1, -0.05) is 6.92 Å². The number of likely N-dealkylation sites (N-methyl/N-ethyl adjacent to an activating group) is 1. The summed E-state index contributed by atoms with van der Waals surface area (Å²) in [6.07, 6.45) is 4.11. The topological polar surface area (TPSA) is 81.7 Å². The summed E-state index contributed by atoms with van der Waals surface area (Å²) in [5.74, 6) is -0.139. The summed E-state index contributed by atoms with van der Waals surface area (Å²) in [6, 6.07) is 0.621. The predicted molar refractivity (Wildman–Crippen MR) is 75.5 cm³/mol. The number of carboxylic acids is 1. The number of aliphatic carboxylic acids is 1. The van der Waals surface area contributed by atoms with Gasteiger partial charge in [0.1, 0.15) is 0 Å². The number of carboxylic acid groups (broad SMARTS) is 1. The number of hydrogen-bond donors (Lipinski definition) is 3. The second-order valence-electron chi connectivity index (χ2n) is 6.02. The number of hydrogen-bond acceptors (Lipinski definition) is 3. The maximum Gasteiger partial charge on any atom is 0.317 e. The third-order valence-corrected chi connectivity index (χ3v) is 4.40. The molecule has 2 aliphatic rings. The lowest BCUT2D eigenvalue weighted by Crippen LogP contribution is -2.57. The molecule has 0 aromatic heterocycles. The summed E-state index contributed by atoms with van der Waals surface area (Å²) in [7, 11) is 0. The van der Waals surface area contributed by atoms with Crippen LogP contribution in [0.1, 0.15) is 39.5 Å². The van der Waals surface area contributed by atoms with Gasteiger partial charge in [0.15, 0.2) is 0 Å². The van der Waals surface area contributed by atoms with E-state index in [-0.39, 0.29) is 30.7 Å². The van der Waals surface area contributed by atoms with Crippen molar-refractivity contribution in [3.05, 3.63) is 0 Å². The summed E-state index contributed by atoms with van der Waals surface area (Å²) < 4.78 is 0. The van der Waals surface area contributed by atoms with Crippen molar-refractivity contribution in [3.63, 3.8) is 0 Å². The Hall–Kier alpha value is -1.30. The number of nitrogens with one attached hydrogen (secondary N) is 2. The third kappa shape index (κ3) is 4.10. The van der Waals surface area contributed by atoms with Gasteiger partial charge in [-0.25, -0.2) is 4.79 Å². The highest BCUT2D eigenvalue weighted by molar-refractivity contribution is 5.74. The van der Waals surface area contributed by atoms with Gasteiger partial charge in [0.25, 0.3) is 0 Å². The number of carbonyl (C=O) groups excluding carboxylic acids is 1. The minimum Gasteiger partial charge on any atom is -0.480 e. The number of carbonyl (C=O) groups is 2. The Bertz CT molecular complexity index is 365. The van der Waals surface area contributed by atoms with E-state index in [9.17, 15) is 9.59 Å². The quantitative estimate of drug-likeness (QED) is 0.651. The lowest BCUT2D eigenvalue weighted by Gasteiger charge is -2.42. The molecule has 20 heavy (non-hydrogen) atoms. The van der Waals surface area contributed by atoms with E-state index in [2.05, 4.69) is 10.6 Å². The number of urea groups is 1. The maximum absolute atomic E-state index is 11.8. The highest BCUT2D eigenvalue weighted by atomic mass is 16.4. The van der Waals surface area contributed by atoms with Crippen LogP contribution in [0.15, 0.2) is 0 Å². The van der Waals surface area contributed by atoms with Crippen LogP contribution in [0.25, 0.3) is 0 Å². The van der Waals surface area contributed by atoms with E-state index in [4.69, 9.17) is 5.11 Å². The fourth-order valence-corrected chi connectivity index (χ4v) is 2.82. The van der Waals surface area contributed by atoms with E-state index in [1.165, 1.54) is 12.8 Å². The van der Waals surface area contributed by atoms with Crippen molar-refractivity contribution in [2.24, 2.45) is 5.92 Å². The van der Waals surface area contributed by atoms with Gasteiger partial charge < -0.3 is 15.7 Å². The van der Waals surface area contributed by atoms with Gasteiger partial charge in [0.2, 0.25) is 0 Å². The molecule has 0 saturated heterocycles. The molecule has 2 saturated carbocycles. The van der Waals surface area contributed by atoms with Gasteiger partial charge in [-0.3, -0.25) is 9.69 Å². The molecular formula is C14H25N3O3. The predicted octanol–water partition coefficient (Wildman–Crippen LogP) is 1.02. The van der Waals surface area contributed by atoms with Crippen LogP contribution < -0.4 is 10.6 Å². The molecule has 114 valence electrons. The van der Waals surface area contributed by atoms with E-state index in [1.807, 2.05) is 18.7 Å². The first-order chi connectivity index (χ1) is 9.49. The number of rotatable bonds is 7. The van der Waals surface area contributed by atoms with Crippen LogP contribution in [0.3, 0.4) is 0 Å². The molecule has 6 nitrogen and oxygen atoms in total. The summed E-state index contributed by atoms with van der Waals surface area (Å²) in [5, 5.41) is 14.8. The Kier molecular flexibility index (Phi) is 4.86. The molecule has 6 heteroatoms. The average Bonchev–Trinajstić information content (AvgIpc) is 3.14. The van der Waals surface area contributed by atoms with Gasteiger partial charge >= 0.3 is 12.0 Å². The first kappa shape index (κ1) is 15.1. The van der Waals surface area contributed by atoms with Crippen LogP contribution in [0.2, 0.25) is 0 Å². The van der Waals surface area contributed by atoms with E-state index in [0.717, 1.165) is 19.4 Å². The van der Waals surface area contributed by atoms with E-state index in [1.54, 1.807) is 0 Å². The normalized spacial score (nSPS) is 26.8. The fourth-order valence-electron chi connectivity index (χ4n) is 2.82. The average molecular weight is 283 g/mol. The van der Waals surface area contributed by atoms with Crippen molar-refractivity contribution in [2.75, 3.05) is 13.1 Å². The molecule has 0 aromatic carbocycles. The van der Waals surface area contributed by atoms with Gasteiger partial charge in [0, 0.05) is 18.1 Å². The second kappa shape index (κ2) is 6.43. The van der Waals surface area contributed by atoms with Crippen LogP contribution in [-0.2, 0) is 4.79 Å². The minimum atomic E-state index is -0.792.